The molecule has 39 heavy (non-hydrogen) atoms. The molecule has 0 bridgehead atoms. The topological polar surface area (TPSA) is 35.5 Å². The fourth-order valence-corrected chi connectivity index (χ4v) is 2.28. The summed E-state index contributed by atoms with van der Waals surface area (Å²) in [5, 5.41) is 0. The molecular weight excluding hydrogens is 599 g/mol. The third-order valence-corrected chi connectivity index (χ3v) is 4.39. The first-order valence-corrected chi connectivity index (χ1v) is 9.21. The molecule has 0 amide bonds. The lowest BCUT2D eigenvalue weighted by Crippen LogP contribution is -2.72. The third kappa shape index (κ3) is 5.45. The Morgan fingerprint density at radius 1 is 0.744 bits per heavy atom. The molecule has 3 nitrogen and oxygen atoms in total. The van der Waals surface area contributed by atoms with E-state index in [1.807, 2.05) is 0 Å². The van der Waals surface area contributed by atoms with E-state index in [2.05, 4.69) is 16.1 Å². The summed E-state index contributed by atoms with van der Waals surface area (Å²) >= 11 is 0. The minimum Gasteiger partial charge on any atom is -0.458 e. The molecule has 0 spiro atoms. The van der Waals surface area contributed by atoms with E-state index in [0.29, 0.717) is 12.1 Å². The van der Waals surface area contributed by atoms with Crippen molar-refractivity contribution in [3.8, 4) is 5.75 Å². The zero-order valence-electron chi connectivity index (χ0n) is 18.0. The molecule has 1 rings (SSSR count). The summed E-state index contributed by atoms with van der Waals surface area (Å²) in [5.74, 6) is -57.1. The van der Waals surface area contributed by atoms with Crippen molar-refractivity contribution in [1.29, 1.82) is 0 Å². The van der Waals surface area contributed by atoms with E-state index in [0.717, 1.165) is 18.2 Å². The van der Waals surface area contributed by atoms with Gasteiger partial charge in [0.15, 0.2) is 0 Å². The summed E-state index contributed by atoms with van der Waals surface area (Å²) in [6.07, 6.45) is -6.77. The lowest BCUT2D eigenvalue weighted by atomic mass is 9.91. The van der Waals surface area contributed by atoms with Gasteiger partial charge in [-0.1, -0.05) is 18.7 Å². The molecule has 0 aliphatic rings. The Bertz CT molecular complexity index is 1100. The lowest BCUT2D eigenvalue weighted by Gasteiger charge is -2.41. The Kier molecular flexibility index (Phi) is 9.01. The molecule has 0 unspecified atom stereocenters. The highest BCUT2D eigenvalue weighted by atomic mass is 19.4. The monoisotopic (exact) mass is 608 g/mol. The zero-order chi connectivity index (χ0) is 31.0. The SMILES string of the molecule is C=CCOC(=O)c1cccc(OC(F)=C(F)C(F)(F)C(F)(F)C(F)(F)C(F)(F)C(F)(F)C(F)(F)C(F)(F)F)c1. The number of halogens is 17. The van der Waals surface area contributed by atoms with Crippen LogP contribution >= 0.6 is 0 Å². The van der Waals surface area contributed by atoms with Gasteiger partial charge in [0.1, 0.15) is 12.4 Å². The van der Waals surface area contributed by atoms with Crippen LogP contribution in [0, 0.1) is 0 Å². The van der Waals surface area contributed by atoms with Crippen LogP contribution in [0.1, 0.15) is 10.4 Å². The van der Waals surface area contributed by atoms with Gasteiger partial charge in [-0.05, 0) is 18.2 Å². The highest BCUT2D eigenvalue weighted by molar-refractivity contribution is 5.89. The normalized spacial score (nSPS) is 15.0. The standard InChI is InChI=1S/C19H9F17O3/c1-2-6-38-12(37)8-4-3-5-9(7-8)39-11(21)10(20)13(22,23)14(24,25)15(26,27)16(28,29)17(30,31)18(32,33)19(34,35)36/h2-5,7H,1,6H2. The molecule has 0 N–H and O–H groups in total. The zero-order valence-corrected chi connectivity index (χ0v) is 18.0. The minimum absolute atomic E-state index is 0.344. The van der Waals surface area contributed by atoms with E-state index in [1.165, 1.54) is 0 Å². The van der Waals surface area contributed by atoms with Crippen LogP contribution in [0.5, 0.6) is 5.75 Å². The maximum atomic E-state index is 13.8. The number of ether oxygens (including phenoxy) is 2. The minimum atomic E-state index is -8.68. The molecule has 20 heteroatoms. The number of esters is 1. The molecule has 222 valence electrons. The van der Waals surface area contributed by atoms with Gasteiger partial charge in [-0.15, -0.1) is 0 Å². The summed E-state index contributed by atoms with van der Waals surface area (Å²) in [5.41, 5.74) is -0.626. The lowest BCUT2D eigenvalue weighted by molar-refractivity contribution is -0.451. The number of hydrogen-bond acceptors (Lipinski definition) is 3. The molecule has 0 fully saturated rings. The molecule has 0 saturated carbocycles. The van der Waals surface area contributed by atoms with E-state index in [1.54, 1.807) is 0 Å². The molecule has 0 aliphatic heterocycles. The molecule has 1 aromatic rings. The maximum absolute atomic E-state index is 13.8. The van der Waals surface area contributed by atoms with Crippen LogP contribution in [-0.2, 0) is 4.74 Å². The van der Waals surface area contributed by atoms with Gasteiger partial charge >= 0.3 is 53.7 Å². The van der Waals surface area contributed by atoms with Gasteiger partial charge in [0.2, 0.25) is 5.83 Å². The second-order valence-corrected chi connectivity index (χ2v) is 7.05. The van der Waals surface area contributed by atoms with Crippen molar-refractivity contribution in [2.45, 2.75) is 41.7 Å². The summed E-state index contributed by atoms with van der Waals surface area (Å²) in [6.45, 7) is 2.72. The van der Waals surface area contributed by atoms with Crippen LogP contribution in [-0.4, -0.2) is 54.3 Å². The quantitative estimate of drug-likeness (QED) is 0.111. The molecule has 0 aromatic heterocycles. The second kappa shape index (κ2) is 10.4. The van der Waals surface area contributed by atoms with Crippen LogP contribution in [0.25, 0.3) is 0 Å². The molecule has 0 radical (unpaired) electrons. The Hall–Kier alpha value is -3.22. The highest BCUT2D eigenvalue weighted by Gasteiger charge is 2.93. The average Bonchev–Trinajstić information content (AvgIpc) is 2.80. The van der Waals surface area contributed by atoms with Crippen molar-refractivity contribution < 1.29 is 88.9 Å². The van der Waals surface area contributed by atoms with Crippen molar-refractivity contribution in [3.05, 3.63) is 54.3 Å². The third-order valence-electron chi connectivity index (χ3n) is 4.39. The van der Waals surface area contributed by atoms with Gasteiger partial charge in [-0.3, -0.25) is 0 Å². The number of rotatable bonds is 11. The molecular formula is C19H9F17O3. The number of alkyl halides is 15. The number of benzene rings is 1. The van der Waals surface area contributed by atoms with E-state index in [9.17, 15) is 79.4 Å². The summed E-state index contributed by atoms with van der Waals surface area (Å²) in [6, 6.07) is -1.22. The average molecular weight is 608 g/mol. The first kappa shape index (κ1) is 33.8. The number of carbonyl (C=O) groups excluding carboxylic acids is 1. The smallest absolute Gasteiger partial charge is 0.458 e. The van der Waals surface area contributed by atoms with Gasteiger partial charge in [-0.25, -0.2) is 4.79 Å². The van der Waals surface area contributed by atoms with Crippen molar-refractivity contribution in [2.75, 3.05) is 6.61 Å². The highest BCUT2D eigenvalue weighted by Crippen LogP contribution is 2.63. The van der Waals surface area contributed by atoms with Gasteiger partial charge in [0.05, 0.1) is 5.56 Å². The Morgan fingerprint density at radius 2 is 1.21 bits per heavy atom. The second-order valence-electron chi connectivity index (χ2n) is 7.05. The van der Waals surface area contributed by atoms with Gasteiger partial charge < -0.3 is 9.47 Å². The summed E-state index contributed by atoms with van der Waals surface area (Å²) in [4.78, 5) is 11.6. The van der Waals surface area contributed by atoms with Gasteiger partial charge in [0, 0.05) is 0 Å². The van der Waals surface area contributed by atoms with Crippen molar-refractivity contribution in [3.63, 3.8) is 0 Å². The molecule has 0 heterocycles. The van der Waals surface area contributed by atoms with Crippen LogP contribution in [0.15, 0.2) is 48.8 Å². The summed E-state index contributed by atoms with van der Waals surface area (Å²) in [7, 11) is 0. The van der Waals surface area contributed by atoms with Crippen LogP contribution in [0.2, 0.25) is 0 Å². The number of allylic oxidation sites excluding steroid dienone is 1. The van der Waals surface area contributed by atoms with Crippen molar-refractivity contribution in [1.82, 2.24) is 0 Å². The van der Waals surface area contributed by atoms with E-state index >= 15 is 0 Å². The summed E-state index contributed by atoms with van der Waals surface area (Å²) < 4.78 is 233. The van der Waals surface area contributed by atoms with Crippen molar-refractivity contribution >= 4 is 5.97 Å². The predicted molar refractivity (Wildman–Crippen MR) is 92.5 cm³/mol. The molecule has 0 saturated heterocycles. The van der Waals surface area contributed by atoms with Crippen LogP contribution < -0.4 is 4.74 Å². The van der Waals surface area contributed by atoms with Crippen LogP contribution in [0.3, 0.4) is 0 Å². The van der Waals surface area contributed by atoms with E-state index < -0.39 is 77.4 Å². The van der Waals surface area contributed by atoms with Crippen LogP contribution in [0.4, 0.5) is 74.6 Å². The first-order chi connectivity index (χ1) is 17.3. The first-order valence-electron chi connectivity index (χ1n) is 9.21. The van der Waals surface area contributed by atoms with E-state index in [4.69, 9.17) is 0 Å². The fourth-order valence-electron chi connectivity index (χ4n) is 2.28. The number of carbonyl (C=O) groups is 1. The van der Waals surface area contributed by atoms with Crippen molar-refractivity contribution in [2.24, 2.45) is 0 Å². The Balaban J connectivity index is 3.53. The Morgan fingerprint density at radius 3 is 1.67 bits per heavy atom. The van der Waals surface area contributed by atoms with Gasteiger partial charge in [-0.2, -0.15) is 74.6 Å². The van der Waals surface area contributed by atoms with E-state index in [-0.39, 0.29) is 0 Å². The number of hydrogen-bond donors (Lipinski definition) is 0. The Labute approximate surface area is 204 Å². The predicted octanol–water partition coefficient (Wildman–Crippen LogP) is 7.89. The van der Waals surface area contributed by atoms with Gasteiger partial charge in [0.25, 0.3) is 0 Å². The molecule has 0 atom stereocenters. The largest absolute Gasteiger partial charge is 0.460 e. The molecule has 0 aliphatic carbocycles. The fraction of sp³-hybridized carbons (Fsp3) is 0.421. The molecule has 1 aromatic carbocycles. The maximum Gasteiger partial charge on any atom is 0.460 e.